The normalized spacial score (nSPS) is 19.1. The zero-order valence-corrected chi connectivity index (χ0v) is 16.9. The van der Waals surface area contributed by atoms with Gasteiger partial charge >= 0.3 is 0 Å². The Morgan fingerprint density at radius 3 is 2.93 bits per heavy atom. The number of hydrogen-bond donors (Lipinski definition) is 1. The maximum Gasteiger partial charge on any atom is 0.230 e. The van der Waals surface area contributed by atoms with Gasteiger partial charge < -0.3 is 9.84 Å². The lowest BCUT2D eigenvalue weighted by atomic mass is 9.99. The third-order valence-corrected chi connectivity index (χ3v) is 5.32. The van der Waals surface area contributed by atoms with Crippen molar-refractivity contribution in [3.05, 3.63) is 60.5 Å². The largest absolute Gasteiger partial charge is 0.356 e. The molecule has 1 aliphatic heterocycles. The van der Waals surface area contributed by atoms with Crippen LogP contribution in [0.5, 0.6) is 0 Å². The van der Waals surface area contributed by atoms with Crippen LogP contribution >= 0.6 is 0 Å². The van der Waals surface area contributed by atoms with E-state index in [2.05, 4.69) is 30.3 Å². The van der Waals surface area contributed by atoms with E-state index in [1.165, 1.54) is 0 Å². The van der Waals surface area contributed by atoms with Crippen molar-refractivity contribution in [2.24, 2.45) is 0 Å². The highest BCUT2D eigenvalue weighted by molar-refractivity contribution is 5.76. The second kappa shape index (κ2) is 10.1. The zero-order valence-electron chi connectivity index (χ0n) is 16.9. The van der Waals surface area contributed by atoms with Crippen LogP contribution in [0.2, 0.25) is 0 Å². The Morgan fingerprint density at radius 1 is 1.13 bits per heavy atom. The van der Waals surface area contributed by atoms with Crippen LogP contribution in [0.25, 0.3) is 11.4 Å². The number of nitrogens with one attached hydrogen (secondary N) is 1. The molecule has 0 radical (unpaired) electrons. The Kier molecular flexibility index (Phi) is 6.76. The first-order chi connectivity index (χ1) is 14.8. The van der Waals surface area contributed by atoms with Gasteiger partial charge in [-0.15, -0.1) is 0 Å². The fraction of sp³-hybridized carbons (Fsp3) is 0.409. The lowest BCUT2D eigenvalue weighted by Crippen LogP contribution is -2.31. The van der Waals surface area contributed by atoms with E-state index in [1.807, 2.05) is 30.3 Å². The van der Waals surface area contributed by atoms with Crippen LogP contribution in [0.15, 0.2) is 53.4 Å². The third kappa shape index (κ3) is 5.48. The molecule has 1 atom stereocenters. The molecule has 4 rings (SSSR count). The average Bonchev–Trinajstić information content (AvgIpc) is 3.26. The van der Waals surface area contributed by atoms with Gasteiger partial charge in [-0.25, -0.2) is 0 Å². The van der Waals surface area contributed by atoms with Crippen molar-refractivity contribution in [2.75, 3.05) is 19.6 Å². The minimum atomic E-state index is 0.0725. The van der Waals surface area contributed by atoms with E-state index in [0.29, 0.717) is 24.7 Å². The van der Waals surface area contributed by atoms with Crippen molar-refractivity contribution in [2.45, 2.75) is 38.1 Å². The number of pyridine rings is 2. The molecule has 1 fully saturated rings. The van der Waals surface area contributed by atoms with Crippen LogP contribution in [0, 0.1) is 0 Å². The number of carbonyl (C=O) groups is 1. The molecular formula is C22H26N6O2. The van der Waals surface area contributed by atoms with Crippen molar-refractivity contribution >= 4 is 5.91 Å². The molecule has 3 aromatic rings. The lowest BCUT2D eigenvalue weighted by molar-refractivity contribution is -0.121. The molecule has 0 aliphatic carbocycles. The van der Waals surface area contributed by atoms with Crippen LogP contribution in [0.4, 0.5) is 0 Å². The minimum absolute atomic E-state index is 0.0725. The van der Waals surface area contributed by atoms with Gasteiger partial charge in [0.05, 0.1) is 5.69 Å². The molecule has 30 heavy (non-hydrogen) atoms. The summed E-state index contributed by atoms with van der Waals surface area (Å²) >= 11 is 0. The maximum atomic E-state index is 12.2. The number of aromatic nitrogens is 4. The fourth-order valence-electron chi connectivity index (χ4n) is 3.69. The highest BCUT2D eigenvalue weighted by Gasteiger charge is 2.21. The summed E-state index contributed by atoms with van der Waals surface area (Å²) in [6, 6.07) is 9.69. The Balaban J connectivity index is 1.44. The van der Waals surface area contributed by atoms with E-state index in [9.17, 15) is 4.79 Å². The summed E-state index contributed by atoms with van der Waals surface area (Å²) in [6.07, 6.45) is 8.42. The molecule has 0 spiro atoms. The summed E-state index contributed by atoms with van der Waals surface area (Å²) in [5, 5.41) is 7.15. The van der Waals surface area contributed by atoms with E-state index < -0.39 is 0 Å². The molecule has 0 saturated carbocycles. The summed E-state index contributed by atoms with van der Waals surface area (Å²) in [4.78, 5) is 27.7. The third-order valence-electron chi connectivity index (χ3n) is 5.32. The van der Waals surface area contributed by atoms with Gasteiger partial charge in [0.25, 0.3) is 0 Å². The van der Waals surface area contributed by atoms with E-state index >= 15 is 0 Å². The van der Waals surface area contributed by atoms with E-state index in [0.717, 1.165) is 50.2 Å². The van der Waals surface area contributed by atoms with Gasteiger partial charge in [-0.05, 0) is 50.1 Å². The highest BCUT2D eigenvalue weighted by atomic mass is 16.5. The second-order valence-electron chi connectivity index (χ2n) is 7.52. The molecule has 1 amide bonds. The monoisotopic (exact) mass is 406 g/mol. The molecule has 1 N–H and O–H groups in total. The molecule has 156 valence electrons. The average molecular weight is 406 g/mol. The van der Waals surface area contributed by atoms with Crippen molar-refractivity contribution < 1.29 is 9.32 Å². The summed E-state index contributed by atoms with van der Waals surface area (Å²) in [7, 11) is 0. The van der Waals surface area contributed by atoms with Crippen molar-refractivity contribution in [1.82, 2.24) is 30.3 Å². The van der Waals surface area contributed by atoms with Crippen molar-refractivity contribution in [3.63, 3.8) is 0 Å². The van der Waals surface area contributed by atoms with Gasteiger partial charge in [0.2, 0.25) is 17.6 Å². The molecule has 4 heterocycles. The van der Waals surface area contributed by atoms with Crippen LogP contribution in [0.1, 0.15) is 43.2 Å². The summed E-state index contributed by atoms with van der Waals surface area (Å²) < 4.78 is 5.58. The Bertz CT molecular complexity index is 931. The van der Waals surface area contributed by atoms with Crippen LogP contribution in [0.3, 0.4) is 0 Å². The first-order valence-electron chi connectivity index (χ1n) is 10.4. The van der Waals surface area contributed by atoms with E-state index in [4.69, 9.17) is 4.52 Å². The molecular weight excluding hydrogens is 380 g/mol. The smallest absolute Gasteiger partial charge is 0.230 e. The Labute approximate surface area is 175 Å². The van der Waals surface area contributed by atoms with Gasteiger partial charge in [0.1, 0.15) is 0 Å². The van der Waals surface area contributed by atoms with Gasteiger partial charge in [0.15, 0.2) is 0 Å². The molecule has 3 aromatic heterocycles. The van der Waals surface area contributed by atoms with E-state index in [1.54, 1.807) is 18.6 Å². The topological polar surface area (TPSA) is 97.0 Å². The summed E-state index contributed by atoms with van der Waals surface area (Å²) in [6.45, 7) is 2.96. The number of hydrogen-bond acceptors (Lipinski definition) is 7. The van der Waals surface area contributed by atoms with Gasteiger partial charge in [-0.2, -0.15) is 4.98 Å². The highest BCUT2D eigenvalue weighted by Crippen LogP contribution is 2.26. The Hall–Kier alpha value is -3.13. The predicted molar refractivity (Wildman–Crippen MR) is 111 cm³/mol. The number of carbonyl (C=O) groups excluding carboxylic acids is 1. The first kappa shape index (κ1) is 20.2. The van der Waals surface area contributed by atoms with Crippen LogP contribution in [-0.2, 0) is 11.3 Å². The molecule has 1 aliphatic rings. The molecule has 1 unspecified atom stereocenters. The van der Waals surface area contributed by atoms with Gasteiger partial charge in [-0.3, -0.25) is 19.7 Å². The molecule has 8 heteroatoms. The molecule has 8 nitrogen and oxygen atoms in total. The first-order valence-corrected chi connectivity index (χ1v) is 10.4. The Morgan fingerprint density at radius 2 is 2.10 bits per heavy atom. The molecule has 0 aromatic carbocycles. The maximum absolute atomic E-state index is 12.2. The fourth-order valence-corrected chi connectivity index (χ4v) is 3.69. The quantitative estimate of drug-likeness (QED) is 0.711. The summed E-state index contributed by atoms with van der Waals surface area (Å²) in [5.41, 5.74) is 1.85. The number of nitrogens with zero attached hydrogens (tertiary/aromatic N) is 5. The minimum Gasteiger partial charge on any atom is -0.356 e. The standard InChI is InChI=1S/C22H26N6O2/c29-20-9-14-28(16-19-7-1-2-11-24-19)13-4-6-17(8-12-25-20)22-26-21(27-30-22)18-5-3-10-23-15-18/h1-3,5,7,10-11,15,17H,4,6,8-9,12-14,16H2,(H,25,29). The lowest BCUT2D eigenvalue weighted by Gasteiger charge is -2.21. The second-order valence-corrected chi connectivity index (χ2v) is 7.52. The van der Waals surface area contributed by atoms with E-state index in [-0.39, 0.29) is 11.8 Å². The van der Waals surface area contributed by atoms with Crippen molar-refractivity contribution in [3.8, 4) is 11.4 Å². The van der Waals surface area contributed by atoms with Crippen LogP contribution in [-0.4, -0.2) is 50.5 Å². The molecule has 1 saturated heterocycles. The zero-order chi connectivity index (χ0) is 20.6. The van der Waals surface area contributed by atoms with Gasteiger partial charge in [0, 0.05) is 56.1 Å². The summed E-state index contributed by atoms with van der Waals surface area (Å²) in [5.74, 6) is 1.35. The van der Waals surface area contributed by atoms with Gasteiger partial charge in [-0.1, -0.05) is 11.2 Å². The molecule has 0 bridgehead atoms. The predicted octanol–water partition coefficient (Wildman–Crippen LogP) is 2.80. The SMILES string of the molecule is O=C1CCN(Cc2ccccn2)CCCC(c2nc(-c3cccnc3)no2)CCN1. The number of amides is 1. The number of rotatable bonds is 4. The van der Waals surface area contributed by atoms with Crippen LogP contribution < -0.4 is 5.32 Å². The van der Waals surface area contributed by atoms with Crippen molar-refractivity contribution in [1.29, 1.82) is 0 Å².